The first-order chi connectivity index (χ1) is 13.1. The Morgan fingerprint density at radius 3 is 2.44 bits per heavy atom. The van der Waals surface area contributed by atoms with Gasteiger partial charge in [0.2, 0.25) is 5.43 Å². The summed E-state index contributed by atoms with van der Waals surface area (Å²) in [5, 5.41) is 0.260. The number of fused-ring (bicyclic) bond motifs is 2. The van der Waals surface area contributed by atoms with Crippen LogP contribution in [0.5, 0.6) is 0 Å². The van der Waals surface area contributed by atoms with Crippen LogP contribution < -0.4 is 11.0 Å². The highest BCUT2D eigenvalue weighted by Gasteiger charge is 2.25. The topological polar surface area (TPSA) is 54.9 Å². The van der Waals surface area contributed by atoms with Crippen LogP contribution in [0.15, 0.2) is 64.2 Å². The summed E-state index contributed by atoms with van der Waals surface area (Å²) in [4.78, 5) is 29.6. The molecule has 1 N–H and O–H groups in total. The summed E-state index contributed by atoms with van der Waals surface area (Å²) >= 11 is 0. The maximum atomic E-state index is 13.6. The lowest BCUT2D eigenvalue weighted by molar-refractivity contribution is 0.404. The molecule has 27 heavy (non-hydrogen) atoms. The van der Waals surface area contributed by atoms with E-state index >= 15 is 0 Å². The van der Waals surface area contributed by atoms with Crippen LogP contribution in [0.2, 0.25) is 0 Å². The van der Waals surface area contributed by atoms with Crippen LogP contribution in [0.1, 0.15) is 30.9 Å². The van der Waals surface area contributed by atoms with E-state index in [1.807, 2.05) is 36.4 Å². The van der Waals surface area contributed by atoms with Crippen LogP contribution in [0, 0.1) is 5.82 Å². The van der Waals surface area contributed by atoms with Crippen molar-refractivity contribution in [2.45, 2.75) is 25.2 Å². The zero-order valence-electron chi connectivity index (χ0n) is 14.5. The molecule has 1 aliphatic rings. The molecule has 0 amide bonds. The average Bonchev–Trinajstić information content (AvgIpc) is 2.62. The van der Waals surface area contributed by atoms with Gasteiger partial charge in [-0.05, 0) is 55.2 Å². The van der Waals surface area contributed by atoms with E-state index in [1.54, 1.807) is 4.57 Å². The lowest BCUT2D eigenvalue weighted by Crippen LogP contribution is -2.29. The molecule has 2 aromatic heterocycles. The van der Waals surface area contributed by atoms with E-state index in [-0.39, 0.29) is 16.3 Å². The number of pyridine rings is 2. The summed E-state index contributed by atoms with van der Waals surface area (Å²) in [7, 11) is 0. The number of aromatic amines is 1. The van der Waals surface area contributed by atoms with Crippen LogP contribution in [-0.2, 0) is 0 Å². The Hall–Kier alpha value is -3.21. The minimum atomic E-state index is -0.498. The number of rotatable bonds is 2. The minimum absolute atomic E-state index is 0.0695. The summed E-state index contributed by atoms with van der Waals surface area (Å²) < 4.78 is 15.3. The van der Waals surface area contributed by atoms with Gasteiger partial charge >= 0.3 is 0 Å². The number of hydrogen-bond donors (Lipinski definition) is 1. The number of nitrogens with zero attached hydrogens (tertiary/aromatic N) is 1. The van der Waals surface area contributed by atoms with Crippen LogP contribution in [-0.4, -0.2) is 9.55 Å². The third-order valence-electron chi connectivity index (χ3n) is 5.50. The lowest BCUT2D eigenvalue weighted by Gasteiger charge is -2.29. The van der Waals surface area contributed by atoms with Crippen molar-refractivity contribution in [1.82, 2.24) is 9.55 Å². The van der Waals surface area contributed by atoms with Gasteiger partial charge in [0.15, 0.2) is 0 Å². The number of aromatic nitrogens is 2. The van der Waals surface area contributed by atoms with Gasteiger partial charge in [-0.1, -0.05) is 24.6 Å². The molecule has 4 aromatic rings. The molecule has 0 bridgehead atoms. The quantitative estimate of drug-likeness (QED) is 0.544. The molecule has 2 aromatic carbocycles. The van der Waals surface area contributed by atoms with Gasteiger partial charge in [0.05, 0.1) is 5.52 Å². The Balaban J connectivity index is 1.94. The molecule has 2 heterocycles. The van der Waals surface area contributed by atoms with E-state index in [0.29, 0.717) is 17.0 Å². The zero-order valence-corrected chi connectivity index (χ0v) is 14.5. The average molecular weight is 360 g/mol. The van der Waals surface area contributed by atoms with E-state index in [0.717, 1.165) is 30.6 Å². The molecule has 4 nitrogen and oxygen atoms in total. The Kier molecular flexibility index (Phi) is 3.50. The first-order valence-corrected chi connectivity index (χ1v) is 9.10. The van der Waals surface area contributed by atoms with E-state index in [9.17, 15) is 14.0 Å². The largest absolute Gasteiger partial charge is 0.354 e. The van der Waals surface area contributed by atoms with Crippen molar-refractivity contribution in [3.05, 3.63) is 86.7 Å². The smallest absolute Gasteiger partial charge is 0.268 e. The van der Waals surface area contributed by atoms with Crippen molar-refractivity contribution in [1.29, 1.82) is 0 Å². The molecule has 1 saturated carbocycles. The van der Waals surface area contributed by atoms with E-state index < -0.39 is 11.2 Å². The van der Waals surface area contributed by atoms with Crippen molar-refractivity contribution in [3.63, 3.8) is 0 Å². The summed E-state index contributed by atoms with van der Waals surface area (Å²) in [6.07, 6.45) is 3.20. The second-order valence-corrected chi connectivity index (χ2v) is 7.11. The van der Waals surface area contributed by atoms with Crippen LogP contribution >= 0.6 is 0 Å². The second-order valence-electron chi connectivity index (χ2n) is 7.11. The van der Waals surface area contributed by atoms with Gasteiger partial charge in [-0.25, -0.2) is 4.39 Å². The maximum absolute atomic E-state index is 13.6. The fourth-order valence-corrected chi connectivity index (χ4v) is 3.89. The molecular formula is C22H17FN2O2. The zero-order chi connectivity index (χ0) is 18.5. The SMILES string of the molecule is O=c1c2cc(F)ccc2[nH]c2cc(C3CCC3)n(-c3ccccc3)c(=O)c12. The van der Waals surface area contributed by atoms with Crippen LogP contribution in [0.3, 0.4) is 0 Å². The van der Waals surface area contributed by atoms with Crippen molar-refractivity contribution >= 4 is 21.8 Å². The number of para-hydroxylation sites is 1. The molecule has 0 saturated heterocycles. The van der Waals surface area contributed by atoms with E-state index in [2.05, 4.69) is 4.98 Å². The molecule has 0 unspecified atom stereocenters. The molecular weight excluding hydrogens is 343 g/mol. The van der Waals surface area contributed by atoms with Gasteiger partial charge in [-0.3, -0.25) is 14.2 Å². The van der Waals surface area contributed by atoms with E-state index in [1.165, 1.54) is 18.2 Å². The molecule has 5 rings (SSSR count). The van der Waals surface area contributed by atoms with Crippen LogP contribution in [0.25, 0.3) is 27.5 Å². The van der Waals surface area contributed by atoms with Gasteiger partial charge in [0.25, 0.3) is 5.56 Å². The standard InChI is InChI=1S/C22H17FN2O2/c23-14-9-10-17-16(11-14)21(26)20-18(24-17)12-19(13-5-4-6-13)25(22(20)27)15-7-2-1-3-8-15/h1-3,7-13H,4-6H2,(H,24,26). The number of hydrogen-bond acceptors (Lipinski definition) is 2. The summed E-state index contributed by atoms with van der Waals surface area (Å²) in [6, 6.07) is 15.3. The van der Waals surface area contributed by atoms with Crippen molar-refractivity contribution in [3.8, 4) is 5.69 Å². The molecule has 0 spiro atoms. The summed E-state index contributed by atoms with van der Waals surface area (Å²) in [5.74, 6) is -0.198. The lowest BCUT2D eigenvalue weighted by atomic mass is 9.82. The third-order valence-corrected chi connectivity index (χ3v) is 5.50. The number of nitrogens with one attached hydrogen (secondary N) is 1. The normalized spacial score (nSPS) is 14.6. The Bertz CT molecular complexity index is 1300. The highest BCUT2D eigenvalue weighted by atomic mass is 19.1. The molecule has 5 heteroatoms. The van der Waals surface area contributed by atoms with Crippen molar-refractivity contribution in [2.75, 3.05) is 0 Å². The molecule has 0 atom stereocenters. The highest BCUT2D eigenvalue weighted by Crippen LogP contribution is 2.37. The fraction of sp³-hybridized carbons (Fsp3) is 0.182. The fourth-order valence-electron chi connectivity index (χ4n) is 3.89. The summed E-state index contributed by atoms with van der Waals surface area (Å²) in [5.41, 5.74) is 1.91. The molecule has 0 aliphatic heterocycles. The highest BCUT2D eigenvalue weighted by molar-refractivity contribution is 5.92. The first-order valence-electron chi connectivity index (χ1n) is 9.10. The summed E-state index contributed by atoms with van der Waals surface area (Å²) in [6.45, 7) is 0. The van der Waals surface area contributed by atoms with Crippen molar-refractivity contribution in [2.24, 2.45) is 0 Å². The Morgan fingerprint density at radius 2 is 1.74 bits per heavy atom. The third kappa shape index (κ3) is 2.42. The van der Waals surface area contributed by atoms with Crippen molar-refractivity contribution < 1.29 is 4.39 Å². The predicted octanol–water partition coefficient (Wildman–Crippen LogP) is 4.24. The number of benzene rings is 2. The van der Waals surface area contributed by atoms with E-state index in [4.69, 9.17) is 0 Å². The van der Waals surface area contributed by atoms with Gasteiger partial charge in [-0.2, -0.15) is 0 Å². The molecule has 1 aliphatic carbocycles. The number of H-pyrrole nitrogens is 1. The monoisotopic (exact) mass is 360 g/mol. The molecule has 134 valence electrons. The Labute approximate surface area is 153 Å². The first kappa shape index (κ1) is 16.0. The van der Waals surface area contributed by atoms with Gasteiger partial charge in [-0.15, -0.1) is 0 Å². The molecule has 1 fully saturated rings. The van der Waals surface area contributed by atoms with Crippen LogP contribution in [0.4, 0.5) is 4.39 Å². The van der Waals surface area contributed by atoms with Gasteiger partial charge < -0.3 is 4.98 Å². The Morgan fingerprint density at radius 1 is 0.963 bits per heavy atom. The van der Waals surface area contributed by atoms with Gasteiger partial charge in [0, 0.05) is 22.3 Å². The minimum Gasteiger partial charge on any atom is -0.354 e. The molecule has 0 radical (unpaired) electrons. The van der Waals surface area contributed by atoms with Gasteiger partial charge in [0.1, 0.15) is 11.2 Å². The predicted molar refractivity (Wildman–Crippen MR) is 104 cm³/mol. The second kappa shape index (κ2) is 5.91. The maximum Gasteiger partial charge on any atom is 0.268 e. The number of halogens is 1.